The lowest BCUT2D eigenvalue weighted by Crippen LogP contribution is -2.37. The van der Waals surface area contributed by atoms with Gasteiger partial charge in [0.2, 0.25) is 0 Å². The Morgan fingerprint density at radius 3 is 2.56 bits per heavy atom. The summed E-state index contributed by atoms with van der Waals surface area (Å²) in [5.74, 6) is -1.42. The molecule has 6 heteroatoms. The number of nitrogens with one attached hydrogen (secondary N) is 1. The van der Waals surface area contributed by atoms with Crippen molar-refractivity contribution in [1.29, 1.82) is 0 Å². The largest absolute Gasteiger partial charge is 0.484 e. The second kappa shape index (κ2) is 6.58. The number of halogens is 1. The summed E-state index contributed by atoms with van der Waals surface area (Å²) < 4.78 is 17.7. The molecule has 1 rings (SSSR count). The fourth-order valence-corrected chi connectivity index (χ4v) is 1.31. The van der Waals surface area contributed by atoms with Gasteiger partial charge in [0.05, 0.1) is 6.42 Å². The van der Waals surface area contributed by atoms with Gasteiger partial charge in [0.1, 0.15) is 11.6 Å². The van der Waals surface area contributed by atoms with E-state index in [1.165, 1.54) is 24.3 Å². The van der Waals surface area contributed by atoms with Crippen LogP contribution in [0.25, 0.3) is 0 Å². The molecule has 1 atom stereocenters. The second-order valence-electron chi connectivity index (χ2n) is 3.81. The molecule has 0 fully saturated rings. The van der Waals surface area contributed by atoms with Gasteiger partial charge >= 0.3 is 5.97 Å². The topological polar surface area (TPSA) is 75.6 Å². The molecule has 0 aliphatic carbocycles. The number of amides is 1. The van der Waals surface area contributed by atoms with Crippen LogP contribution in [0.15, 0.2) is 24.3 Å². The van der Waals surface area contributed by atoms with Gasteiger partial charge < -0.3 is 15.2 Å². The zero-order chi connectivity index (χ0) is 13.5. The molecule has 0 aliphatic rings. The van der Waals surface area contributed by atoms with Crippen LogP contribution in [0.5, 0.6) is 5.75 Å². The summed E-state index contributed by atoms with van der Waals surface area (Å²) in [4.78, 5) is 21.8. The Labute approximate surface area is 104 Å². The number of hydrogen-bond acceptors (Lipinski definition) is 3. The highest BCUT2D eigenvalue weighted by molar-refractivity contribution is 5.78. The van der Waals surface area contributed by atoms with Crippen LogP contribution in [0, 0.1) is 5.82 Å². The third kappa shape index (κ3) is 5.29. The van der Waals surface area contributed by atoms with E-state index >= 15 is 0 Å². The molecule has 0 spiro atoms. The number of carbonyl (C=O) groups excluding carboxylic acids is 1. The predicted octanol–water partition coefficient (Wildman–Crippen LogP) is 1.18. The summed E-state index contributed by atoms with van der Waals surface area (Å²) >= 11 is 0. The van der Waals surface area contributed by atoms with E-state index in [0.717, 1.165) is 0 Å². The first-order valence-electron chi connectivity index (χ1n) is 5.37. The summed E-state index contributed by atoms with van der Waals surface area (Å²) in [7, 11) is 0. The molecular weight excluding hydrogens is 241 g/mol. The van der Waals surface area contributed by atoms with E-state index in [4.69, 9.17) is 9.84 Å². The zero-order valence-electron chi connectivity index (χ0n) is 9.85. The molecule has 0 saturated carbocycles. The minimum absolute atomic E-state index is 0.151. The van der Waals surface area contributed by atoms with Crippen LogP contribution in [0.4, 0.5) is 4.39 Å². The van der Waals surface area contributed by atoms with Gasteiger partial charge in [-0.1, -0.05) is 0 Å². The Morgan fingerprint density at radius 2 is 2.00 bits per heavy atom. The number of ether oxygens (including phenoxy) is 1. The standard InChI is InChI=1S/C12H14FNO4/c1-8(6-12(16)17)14-11(15)7-18-10-4-2-9(13)3-5-10/h2-5,8H,6-7H2,1H3,(H,14,15)(H,16,17). The molecule has 0 bridgehead atoms. The van der Waals surface area contributed by atoms with Crippen molar-refractivity contribution in [1.82, 2.24) is 5.32 Å². The van der Waals surface area contributed by atoms with Crippen LogP contribution >= 0.6 is 0 Å². The fraction of sp³-hybridized carbons (Fsp3) is 0.333. The van der Waals surface area contributed by atoms with Gasteiger partial charge in [-0.05, 0) is 31.2 Å². The van der Waals surface area contributed by atoms with Crippen LogP contribution in [0.1, 0.15) is 13.3 Å². The number of aliphatic carboxylic acids is 1. The number of rotatable bonds is 6. The normalized spacial score (nSPS) is 11.7. The first-order chi connectivity index (χ1) is 8.47. The molecular formula is C12H14FNO4. The maximum absolute atomic E-state index is 12.6. The van der Waals surface area contributed by atoms with Crippen molar-refractivity contribution in [2.75, 3.05) is 6.61 Å². The van der Waals surface area contributed by atoms with Crippen LogP contribution in [0.2, 0.25) is 0 Å². The lowest BCUT2D eigenvalue weighted by molar-refractivity contribution is -0.137. The highest BCUT2D eigenvalue weighted by atomic mass is 19.1. The maximum atomic E-state index is 12.6. The SMILES string of the molecule is CC(CC(=O)O)NC(=O)COc1ccc(F)cc1. The minimum atomic E-state index is -0.984. The highest BCUT2D eigenvalue weighted by Gasteiger charge is 2.11. The summed E-state index contributed by atoms with van der Waals surface area (Å²) in [5, 5.41) is 11.0. The van der Waals surface area contributed by atoms with E-state index in [1.807, 2.05) is 0 Å². The molecule has 98 valence electrons. The number of hydrogen-bond donors (Lipinski definition) is 2. The van der Waals surface area contributed by atoms with Crippen LogP contribution in [-0.4, -0.2) is 29.6 Å². The Bertz CT molecular complexity index is 419. The molecule has 1 aromatic carbocycles. The van der Waals surface area contributed by atoms with Gasteiger partial charge in [0, 0.05) is 6.04 Å². The molecule has 1 unspecified atom stereocenters. The zero-order valence-corrected chi connectivity index (χ0v) is 9.85. The van der Waals surface area contributed by atoms with Gasteiger partial charge in [-0.15, -0.1) is 0 Å². The maximum Gasteiger partial charge on any atom is 0.305 e. The van der Waals surface area contributed by atoms with E-state index in [-0.39, 0.29) is 18.8 Å². The van der Waals surface area contributed by atoms with E-state index in [2.05, 4.69) is 5.32 Å². The third-order valence-electron chi connectivity index (χ3n) is 2.07. The second-order valence-corrected chi connectivity index (χ2v) is 3.81. The monoisotopic (exact) mass is 255 g/mol. The van der Waals surface area contributed by atoms with E-state index in [9.17, 15) is 14.0 Å². The Morgan fingerprint density at radius 1 is 1.39 bits per heavy atom. The van der Waals surface area contributed by atoms with E-state index < -0.39 is 17.9 Å². The molecule has 0 heterocycles. The Hall–Kier alpha value is -2.11. The average molecular weight is 255 g/mol. The minimum Gasteiger partial charge on any atom is -0.484 e. The Balaban J connectivity index is 2.32. The summed E-state index contributed by atoms with van der Waals surface area (Å²) in [6.07, 6.45) is -0.151. The molecule has 0 saturated heterocycles. The lowest BCUT2D eigenvalue weighted by Gasteiger charge is -2.12. The average Bonchev–Trinajstić information content (AvgIpc) is 2.27. The van der Waals surface area contributed by atoms with Crippen LogP contribution in [0.3, 0.4) is 0 Å². The lowest BCUT2D eigenvalue weighted by atomic mass is 10.2. The van der Waals surface area contributed by atoms with Gasteiger partial charge in [0.15, 0.2) is 6.61 Å². The van der Waals surface area contributed by atoms with Gasteiger partial charge in [-0.25, -0.2) is 4.39 Å². The number of carbonyl (C=O) groups is 2. The first-order valence-corrected chi connectivity index (χ1v) is 5.37. The van der Waals surface area contributed by atoms with E-state index in [1.54, 1.807) is 6.92 Å². The van der Waals surface area contributed by atoms with Crippen molar-refractivity contribution in [2.45, 2.75) is 19.4 Å². The quantitative estimate of drug-likeness (QED) is 0.800. The Kier molecular flexibility index (Phi) is 5.10. The third-order valence-corrected chi connectivity index (χ3v) is 2.07. The van der Waals surface area contributed by atoms with Crippen molar-refractivity contribution in [3.05, 3.63) is 30.1 Å². The van der Waals surface area contributed by atoms with Gasteiger partial charge in [-0.3, -0.25) is 9.59 Å². The summed E-state index contributed by atoms with van der Waals surface area (Å²) in [5.41, 5.74) is 0. The van der Waals surface area contributed by atoms with Crippen molar-refractivity contribution in [3.63, 3.8) is 0 Å². The fourth-order valence-electron chi connectivity index (χ4n) is 1.31. The van der Waals surface area contributed by atoms with Gasteiger partial charge in [0.25, 0.3) is 5.91 Å². The molecule has 0 aromatic heterocycles. The summed E-state index contributed by atoms with van der Waals surface area (Å²) in [6, 6.07) is 4.79. The van der Waals surface area contributed by atoms with Crippen molar-refractivity contribution < 1.29 is 23.8 Å². The van der Waals surface area contributed by atoms with Crippen LogP contribution < -0.4 is 10.1 Å². The molecule has 2 N–H and O–H groups in total. The van der Waals surface area contributed by atoms with Crippen molar-refractivity contribution >= 4 is 11.9 Å². The highest BCUT2D eigenvalue weighted by Crippen LogP contribution is 2.10. The van der Waals surface area contributed by atoms with Crippen molar-refractivity contribution in [2.24, 2.45) is 0 Å². The summed E-state index contributed by atoms with van der Waals surface area (Å²) in [6.45, 7) is 1.35. The van der Waals surface area contributed by atoms with Gasteiger partial charge in [-0.2, -0.15) is 0 Å². The van der Waals surface area contributed by atoms with Crippen molar-refractivity contribution in [3.8, 4) is 5.75 Å². The predicted molar refractivity (Wildman–Crippen MR) is 61.8 cm³/mol. The van der Waals surface area contributed by atoms with Crippen LogP contribution in [-0.2, 0) is 9.59 Å². The molecule has 0 radical (unpaired) electrons. The van der Waals surface area contributed by atoms with E-state index in [0.29, 0.717) is 5.75 Å². The molecule has 18 heavy (non-hydrogen) atoms. The molecule has 1 amide bonds. The molecule has 5 nitrogen and oxygen atoms in total. The molecule has 0 aliphatic heterocycles. The number of benzene rings is 1. The number of carboxylic acid groups (broad SMARTS) is 1. The first kappa shape index (κ1) is 14.0. The molecule has 1 aromatic rings. The number of carboxylic acids is 1. The smallest absolute Gasteiger partial charge is 0.305 e.